The molecule has 0 saturated carbocycles. The molecule has 94 valence electrons. The summed E-state index contributed by atoms with van der Waals surface area (Å²) < 4.78 is 0. The van der Waals surface area contributed by atoms with Gasteiger partial charge in [-0.2, -0.15) is 5.26 Å². The Morgan fingerprint density at radius 3 is 2.53 bits per heavy atom. The molecule has 2 aromatic rings. The quantitative estimate of drug-likeness (QED) is 0.480. The molecule has 2 rings (SSSR count). The second kappa shape index (κ2) is 5.46. The van der Waals surface area contributed by atoms with E-state index in [1.165, 1.54) is 12.1 Å². The van der Waals surface area contributed by atoms with Crippen molar-refractivity contribution in [2.45, 2.75) is 6.92 Å². The maximum absolute atomic E-state index is 10.6. The van der Waals surface area contributed by atoms with E-state index in [0.29, 0.717) is 11.1 Å². The molecule has 19 heavy (non-hydrogen) atoms. The van der Waals surface area contributed by atoms with E-state index < -0.39 is 4.92 Å². The van der Waals surface area contributed by atoms with Crippen LogP contribution in [0, 0.1) is 28.4 Å². The summed E-state index contributed by atoms with van der Waals surface area (Å²) in [7, 11) is 0. The first-order valence-corrected chi connectivity index (χ1v) is 6.40. The summed E-state index contributed by atoms with van der Waals surface area (Å²) in [6, 6.07) is 10.1. The average Bonchev–Trinajstić information content (AvgIpc) is 2.81. The molecule has 0 saturated heterocycles. The molecule has 0 bridgehead atoms. The molecule has 0 unspecified atom stereocenters. The number of aryl methyl sites for hydroxylation is 1. The summed E-state index contributed by atoms with van der Waals surface area (Å²) in [6.07, 6.45) is 1.81. The van der Waals surface area contributed by atoms with Crippen LogP contribution < -0.4 is 0 Å². The molecular weight excluding hydrogens is 260 g/mol. The minimum absolute atomic E-state index is 0.0216. The second-order valence-corrected chi connectivity index (χ2v) is 4.89. The number of rotatable bonds is 3. The van der Waals surface area contributed by atoms with Gasteiger partial charge in [-0.15, -0.1) is 11.3 Å². The number of benzene rings is 1. The highest BCUT2D eigenvalue weighted by atomic mass is 32.1. The lowest BCUT2D eigenvalue weighted by Gasteiger charge is -1.99. The van der Waals surface area contributed by atoms with Crippen LogP contribution in [0.1, 0.15) is 16.0 Å². The fraction of sp³-hybridized carbons (Fsp3) is 0.0714. The average molecular weight is 270 g/mol. The minimum Gasteiger partial charge on any atom is -0.258 e. The van der Waals surface area contributed by atoms with E-state index in [9.17, 15) is 15.4 Å². The molecule has 0 spiro atoms. The van der Waals surface area contributed by atoms with Crippen LogP contribution in [0.4, 0.5) is 5.69 Å². The third-order valence-corrected chi connectivity index (χ3v) is 3.65. The molecule has 5 heteroatoms. The summed E-state index contributed by atoms with van der Waals surface area (Å²) in [5.74, 6) is 0. The van der Waals surface area contributed by atoms with Gasteiger partial charge in [0.05, 0.1) is 16.6 Å². The predicted molar refractivity (Wildman–Crippen MR) is 75.6 cm³/mol. The van der Waals surface area contributed by atoms with Crippen LogP contribution in [-0.4, -0.2) is 4.92 Å². The number of nitrogens with zero attached hydrogens (tertiary/aromatic N) is 2. The van der Waals surface area contributed by atoms with Crippen LogP contribution in [0.5, 0.6) is 0 Å². The molecule has 0 aliphatic carbocycles. The molecule has 0 radical (unpaired) electrons. The van der Waals surface area contributed by atoms with Crippen molar-refractivity contribution in [2.24, 2.45) is 0 Å². The monoisotopic (exact) mass is 270 g/mol. The van der Waals surface area contributed by atoms with Crippen LogP contribution in [0.25, 0.3) is 11.6 Å². The van der Waals surface area contributed by atoms with Gasteiger partial charge in [-0.3, -0.25) is 10.1 Å². The number of hydrogen-bond acceptors (Lipinski definition) is 4. The van der Waals surface area contributed by atoms with E-state index in [-0.39, 0.29) is 5.69 Å². The third kappa shape index (κ3) is 2.87. The van der Waals surface area contributed by atoms with Crippen LogP contribution in [0.3, 0.4) is 0 Å². The molecule has 0 aliphatic heterocycles. The molecular formula is C14H10N2O2S. The van der Waals surface area contributed by atoms with Gasteiger partial charge < -0.3 is 0 Å². The first-order valence-electron chi connectivity index (χ1n) is 5.52. The maximum atomic E-state index is 10.6. The molecule has 4 nitrogen and oxygen atoms in total. The fourth-order valence-electron chi connectivity index (χ4n) is 1.61. The smallest absolute Gasteiger partial charge is 0.258 e. The van der Waals surface area contributed by atoms with E-state index in [1.807, 2.05) is 18.4 Å². The van der Waals surface area contributed by atoms with E-state index in [4.69, 9.17) is 0 Å². The van der Waals surface area contributed by atoms with Crippen LogP contribution >= 0.6 is 11.3 Å². The topological polar surface area (TPSA) is 66.9 Å². The number of non-ortho nitro benzene ring substituents is 1. The molecule has 0 aliphatic rings. The van der Waals surface area contributed by atoms with Crippen LogP contribution in [0.2, 0.25) is 0 Å². The molecule has 1 aromatic heterocycles. The lowest BCUT2D eigenvalue weighted by Crippen LogP contribution is -1.88. The zero-order valence-corrected chi connectivity index (χ0v) is 11.0. The van der Waals surface area contributed by atoms with Gasteiger partial charge in [-0.05, 0) is 47.7 Å². The molecule has 1 aromatic carbocycles. The van der Waals surface area contributed by atoms with E-state index in [1.54, 1.807) is 29.5 Å². The molecule has 0 N–H and O–H groups in total. The van der Waals surface area contributed by atoms with Gasteiger partial charge in [-0.25, -0.2) is 0 Å². The minimum atomic E-state index is -0.455. The van der Waals surface area contributed by atoms with Gasteiger partial charge >= 0.3 is 0 Å². The molecule has 1 heterocycles. The summed E-state index contributed by atoms with van der Waals surface area (Å²) >= 11 is 1.56. The predicted octanol–water partition coefficient (Wildman–Crippen LogP) is 4.03. The summed E-state index contributed by atoms with van der Waals surface area (Å²) in [5.41, 5.74) is 2.31. The first kappa shape index (κ1) is 13.0. The Hall–Kier alpha value is -2.45. The van der Waals surface area contributed by atoms with Gasteiger partial charge in [0.2, 0.25) is 0 Å². The Bertz CT molecular complexity index is 678. The lowest BCUT2D eigenvalue weighted by molar-refractivity contribution is -0.384. The third-order valence-electron chi connectivity index (χ3n) is 2.69. The van der Waals surface area contributed by atoms with Crippen LogP contribution in [0.15, 0.2) is 35.7 Å². The highest BCUT2D eigenvalue weighted by Gasteiger charge is 2.07. The summed E-state index contributed by atoms with van der Waals surface area (Å²) in [6.45, 7) is 1.98. The highest BCUT2D eigenvalue weighted by molar-refractivity contribution is 7.11. The van der Waals surface area contributed by atoms with Crippen molar-refractivity contribution in [3.05, 3.63) is 61.8 Å². The van der Waals surface area contributed by atoms with Crippen molar-refractivity contribution in [1.29, 1.82) is 5.26 Å². The first-order chi connectivity index (χ1) is 9.11. The van der Waals surface area contributed by atoms with E-state index in [2.05, 4.69) is 6.07 Å². The van der Waals surface area contributed by atoms with Gasteiger partial charge in [0.1, 0.15) is 0 Å². The number of nitro groups is 1. The SMILES string of the molecule is Cc1ccsc1C=C(C#N)c1ccc([N+](=O)[O-])cc1. The Labute approximate surface area is 114 Å². The van der Waals surface area contributed by atoms with Crippen molar-refractivity contribution < 1.29 is 4.92 Å². The van der Waals surface area contributed by atoms with Crippen LogP contribution in [-0.2, 0) is 0 Å². The van der Waals surface area contributed by atoms with Gasteiger partial charge in [0.25, 0.3) is 5.69 Å². The zero-order valence-electron chi connectivity index (χ0n) is 10.2. The van der Waals surface area contributed by atoms with E-state index >= 15 is 0 Å². The van der Waals surface area contributed by atoms with Crippen molar-refractivity contribution >= 4 is 28.7 Å². The summed E-state index contributed by atoms with van der Waals surface area (Å²) in [5, 5.41) is 21.7. The largest absolute Gasteiger partial charge is 0.269 e. The van der Waals surface area contributed by atoms with E-state index in [0.717, 1.165) is 10.4 Å². The van der Waals surface area contributed by atoms with Crippen molar-refractivity contribution in [2.75, 3.05) is 0 Å². The Kier molecular flexibility index (Phi) is 3.74. The maximum Gasteiger partial charge on any atom is 0.269 e. The Morgan fingerprint density at radius 1 is 1.37 bits per heavy atom. The van der Waals surface area contributed by atoms with Gasteiger partial charge in [0.15, 0.2) is 0 Å². The summed E-state index contributed by atoms with van der Waals surface area (Å²) in [4.78, 5) is 11.1. The van der Waals surface area contributed by atoms with Gasteiger partial charge in [-0.1, -0.05) is 0 Å². The standard InChI is InChI=1S/C14H10N2O2S/c1-10-6-7-19-14(10)8-12(9-15)11-2-4-13(5-3-11)16(17)18/h2-8H,1H3. The lowest BCUT2D eigenvalue weighted by atomic mass is 10.1. The molecule has 0 amide bonds. The number of nitriles is 1. The van der Waals surface area contributed by atoms with Crippen molar-refractivity contribution in [3.63, 3.8) is 0 Å². The normalized spacial score (nSPS) is 11.1. The highest BCUT2D eigenvalue weighted by Crippen LogP contribution is 2.24. The number of hydrogen-bond donors (Lipinski definition) is 0. The zero-order chi connectivity index (χ0) is 13.8. The fourth-order valence-corrected chi connectivity index (χ4v) is 2.46. The van der Waals surface area contributed by atoms with Crippen molar-refractivity contribution in [1.82, 2.24) is 0 Å². The van der Waals surface area contributed by atoms with Crippen molar-refractivity contribution in [3.8, 4) is 6.07 Å². The number of nitro benzene ring substituents is 1. The Morgan fingerprint density at radius 2 is 2.05 bits per heavy atom. The molecule has 0 fully saturated rings. The second-order valence-electron chi connectivity index (χ2n) is 3.94. The molecule has 0 atom stereocenters. The Balaban J connectivity index is 2.38. The number of thiophene rings is 1. The van der Waals surface area contributed by atoms with Gasteiger partial charge in [0, 0.05) is 17.0 Å². The number of allylic oxidation sites excluding steroid dienone is 1.